The lowest BCUT2D eigenvalue weighted by Crippen LogP contribution is -2.54. The molecule has 0 spiro atoms. The van der Waals surface area contributed by atoms with E-state index in [2.05, 4.69) is 12.2 Å². The summed E-state index contributed by atoms with van der Waals surface area (Å²) < 4.78 is 5.20. The lowest BCUT2D eigenvalue weighted by molar-refractivity contribution is -0.146. The number of nitrogens with one attached hydrogen (secondary N) is 1. The van der Waals surface area contributed by atoms with Crippen molar-refractivity contribution in [2.45, 2.75) is 38.6 Å². The highest BCUT2D eigenvalue weighted by Gasteiger charge is 2.47. The first-order valence-electron chi connectivity index (χ1n) is 7.13. The first-order valence-corrected chi connectivity index (χ1v) is 7.13. The zero-order valence-corrected chi connectivity index (χ0v) is 12.3. The second kappa shape index (κ2) is 5.73. The first-order chi connectivity index (χ1) is 9.48. The first kappa shape index (κ1) is 14.7. The Morgan fingerprint density at radius 3 is 2.80 bits per heavy atom. The van der Waals surface area contributed by atoms with Gasteiger partial charge in [0.25, 0.3) is 0 Å². The normalized spacial score (nSPS) is 29.8. The highest BCUT2D eigenvalue weighted by Crippen LogP contribution is 2.39. The fourth-order valence-electron chi connectivity index (χ4n) is 3.12. The SMILES string of the molecule is COc1cccc(NC2(C(=O)O)CC(C)CCC2C)c1. The molecule has 4 nitrogen and oxygen atoms in total. The molecule has 0 radical (unpaired) electrons. The Morgan fingerprint density at radius 1 is 1.40 bits per heavy atom. The minimum atomic E-state index is -0.885. The molecule has 1 aliphatic rings. The van der Waals surface area contributed by atoms with Crippen molar-refractivity contribution in [2.24, 2.45) is 11.8 Å². The molecule has 0 bridgehead atoms. The quantitative estimate of drug-likeness (QED) is 0.885. The van der Waals surface area contributed by atoms with Gasteiger partial charge in [0.05, 0.1) is 7.11 Å². The third-order valence-corrected chi connectivity index (χ3v) is 4.42. The van der Waals surface area contributed by atoms with Crippen LogP contribution in [0.25, 0.3) is 0 Å². The molecule has 3 unspecified atom stereocenters. The number of methoxy groups -OCH3 is 1. The molecule has 0 aliphatic heterocycles. The van der Waals surface area contributed by atoms with E-state index < -0.39 is 11.5 Å². The number of carboxylic acid groups (broad SMARTS) is 1. The highest BCUT2D eigenvalue weighted by atomic mass is 16.5. The zero-order valence-electron chi connectivity index (χ0n) is 12.3. The van der Waals surface area contributed by atoms with Gasteiger partial charge in [-0.05, 0) is 36.8 Å². The van der Waals surface area contributed by atoms with Crippen LogP contribution in [0.3, 0.4) is 0 Å². The monoisotopic (exact) mass is 277 g/mol. The number of carboxylic acids is 1. The maximum atomic E-state index is 11.9. The van der Waals surface area contributed by atoms with Crippen molar-refractivity contribution in [2.75, 3.05) is 12.4 Å². The molecule has 0 saturated heterocycles. The minimum absolute atomic E-state index is 0.0994. The van der Waals surface area contributed by atoms with Crippen LogP contribution in [0.1, 0.15) is 33.1 Å². The van der Waals surface area contributed by atoms with Crippen LogP contribution in [-0.2, 0) is 4.79 Å². The standard InChI is InChI=1S/C16H23NO3/c1-11-7-8-12(2)16(10-11,15(18)19)17-13-5-4-6-14(9-13)20-3/h4-6,9,11-12,17H,7-8,10H2,1-3H3,(H,18,19). The maximum Gasteiger partial charge on any atom is 0.329 e. The fraction of sp³-hybridized carbons (Fsp3) is 0.562. The van der Waals surface area contributed by atoms with E-state index in [9.17, 15) is 9.90 Å². The summed E-state index contributed by atoms with van der Waals surface area (Å²) in [6, 6.07) is 7.45. The molecular formula is C16H23NO3. The van der Waals surface area contributed by atoms with Gasteiger partial charge in [-0.25, -0.2) is 4.79 Å². The van der Waals surface area contributed by atoms with Gasteiger partial charge in [-0.15, -0.1) is 0 Å². The molecule has 0 heterocycles. The average Bonchev–Trinajstić information content (AvgIpc) is 2.43. The van der Waals surface area contributed by atoms with Crippen LogP contribution in [0.4, 0.5) is 5.69 Å². The van der Waals surface area contributed by atoms with Crippen molar-refractivity contribution in [1.82, 2.24) is 0 Å². The largest absolute Gasteiger partial charge is 0.497 e. The Balaban J connectivity index is 2.30. The minimum Gasteiger partial charge on any atom is -0.497 e. The van der Waals surface area contributed by atoms with E-state index in [0.29, 0.717) is 12.3 Å². The van der Waals surface area contributed by atoms with E-state index in [1.54, 1.807) is 7.11 Å². The number of anilines is 1. The maximum absolute atomic E-state index is 11.9. The molecule has 110 valence electrons. The van der Waals surface area contributed by atoms with Gasteiger partial charge in [-0.1, -0.05) is 26.3 Å². The molecule has 1 aromatic carbocycles. The predicted octanol–water partition coefficient (Wildman–Crippen LogP) is 3.39. The molecular weight excluding hydrogens is 254 g/mol. The van der Waals surface area contributed by atoms with Crippen LogP contribution >= 0.6 is 0 Å². The zero-order chi connectivity index (χ0) is 14.8. The van der Waals surface area contributed by atoms with Crippen molar-refractivity contribution >= 4 is 11.7 Å². The molecule has 20 heavy (non-hydrogen) atoms. The van der Waals surface area contributed by atoms with E-state index in [4.69, 9.17) is 4.74 Å². The van der Waals surface area contributed by atoms with Gasteiger partial charge >= 0.3 is 5.97 Å². The molecule has 0 aromatic heterocycles. The lowest BCUT2D eigenvalue weighted by Gasteiger charge is -2.43. The van der Waals surface area contributed by atoms with Crippen molar-refractivity contribution in [3.05, 3.63) is 24.3 Å². The number of hydrogen-bond acceptors (Lipinski definition) is 3. The van der Waals surface area contributed by atoms with Gasteiger partial charge in [0.1, 0.15) is 11.3 Å². The van der Waals surface area contributed by atoms with Crippen LogP contribution < -0.4 is 10.1 Å². The fourth-order valence-corrected chi connectivity index (χ4v) is 3.12. The van der Waals surface area contributed by atoms with Gasteiger partial charge in [0, 0.05) is 11.8 Å². The number of benzene rings is 1. The number of ether oxygens (including phenoxy) is 1. The van der Waals surface area contributed by atoms with Gasteiger partial charge in [0.2, 0.25) is 0 Å². The average molecular weight is 277 g/mol. The van der Waals surface area contributed by atoms with Crippen LogP contribution in [0.15, 0.2) is 24.3 Å². The Kier molecular flexibility index (Phi) is 4.21. The smallest absolute Gasteiger partial charge is 0.329 e. The highest BCUT2D eigenvalue weighted by molar-refractivity contribution is 5.83. The molecule has 1 fully saturated rings. The summed E-state index contributed by atoms with van der Waals surface area (Å²) in [6.07, 6.45) is 2.68. The number of hydrogen-bond donors (Lipinski definition) is 2. The van der Waals surface area contributed by atoms with Crippen molar-refractivity contribution in [3.8, 4) is 5.75 Å². The Labute approximate surface area is 120 Å². The Morgan fingerprint density at radius 2 is 2.15 bits per heavy atom. The Hall–Kier alpha value is -1.71. The van der Waals surface area contributed by atoms with Crippen molar-refractivity contribution < 1.29 is 14.6 Å². The summed E-state index contributed by atoms with van der Waals surface area (Å²) in [5, 5.41) is 13.0. The van der Waals surface area contributed by atoms with Crippen molar-refractivity contribution in [3.63, 3.8) is 0 Å². The van der Waals surface area contributed by atoms with Gasteiger partial charge in [-0.2, -0.15) is 0 Å². The second-order valence-electron chi connectivity index (χ2n) is 5.92. The number of rotatable bonds is 4. The second-order valence-corrected chi connectivity index (χ2v) is 5.92. The summed E-state index contributed by atoms with van der Waals surface area (Å²) in [6.45, 7) is 4.14. The molecule has 1 aromatic rings. The molecule has 4 heteroatoms. The summed E-state index contributed by atoms with van der Waals surface area (Å²) in [5.41, 5.74) is -0.0861. The van der Waals surface area contributed by atoms with Crippen LogP contribution in [0.5, 0.6) is 5.75 Å². The third-order valence-electron chi connectivity index (χ3n) is 4.42. The summed E-state index contributed by atoms with van der Waals surface area (Å²) in [5.74, 6) is 0.481. The molecule has 3 atom stereocenters. The molecule has 0 amide bonds. The topological polar surface area (TPSA) is 58.6 Å². The third kappa shape index (κ3) is 2.74. The summed E-state index contributed by atoms with van der Waals surface area (Å²) >= 11 is 0. The number of aliphatic carboxylic acids is 1. The molecule has 2 rings (SSSR count). The van der Waals surface area contributed by atoms with Gasteiger partial charge in [0.15, 0.2) is 0 Å². The van der Waals surface area contributed by atoms with Crippen molar-refractivity contribution in [1.29, 1.82) is 0 Å². The van der Waals surface area contributed by atoms with Crippen LogP contribution in [-0.4, -0.2) is 23.7 Å². The molecule has 2 N–H and O–H groups in total. The lowest BCUT2D eigenvalue weighted by atomic mass is 9.69. The van der Waals surface area contributed by atoms with Crippen LogP contribution in [0, 0.1) is 11.8 Å². The predicted molar refractivity (Wildman–Crippen MR) is 79.2 cm³/mol. The summed E-state index contributed by atoms with van der Waals surface area (Å²) in [7, 11) is 1.61. The Bertz CT molecular complexity index is 488. The van der Waals surface area contributed by atoms with E-state index in [0.717, 1.165) is 24.3 Å². The van der Waals surface area contributed by atoms with E-state index >= 15 is 0 Å². The van der Waals surface area contributed by atoms with Crippen LogP contribution in [0.2, 0.25) is 0 Å². The number of carbonyl (C=O) groups is 1. The van der Waals surface area contributed by atoms with E-state index in [1.807, 2.05) is 31.2 Å². The summed E-state index contributed by atoms with van der Waals surface area (Å²) in [4.78, 5) is 11.9. The van der Waals surface area contributed by atoms with Gasteiger partial charge < -0.3 is 15.2 Å². The molecule has 1 aliphatic carbocycles. The van der Waals surface area contributed by atoms with E-state index in [-0.39, 0.29) is 5.92 Å². The van der Waals surface area contributed by atoms with Gasteiger partial charge in [-0.3, -0.25) is 0 Å². The van der Waals surface area contributed by atoms with E-state index in [1.165, 1.54) is 0 Å². The molecule has 1 saturated carbocycles.